The molecule has 0 aliphatic heterocycles. The Kier molecular flexibility index (Phi) is 6.21. The molecule has 0 bridgehead atoms. The number of carbonyl (C=O) groups is 1. The van der Waals surface area contributed by atoms with Gasteiger partial charge in [-0.3, -0.25) is 9.78 Å². The number of rotatable bonds is 6. The number of ether oxygens (including phenoxy) is 1. The number of aromatic nitrogens is 1. The van der Waals surface area contributed by atoms with Crippen LogP contribution in [0.2, 0.25) is 0 Å². The average molecular weight is 349 g/mol. The molecule has 1 amide bonds. The summed E-state index contributed by atoms with van der Waals surface area (Å²) in [5, 5.41) is 11.8. The summed E-state index contributed by atoms with van der Waals surface area (Å²) >= 11 is 0. The third-order valence-corrected chi connectivity index (χ3v) is 4.73. The van der Waals surface area contributed by atoms with E-state index in [4.69, 9.17) is 10.00 Å². The Balaban J connectivity index is 1.47. The fraction of sp³-hybridized carbons (Fsp3) is 0.381. The minimum absolute atomic E-state index is 0.0670. The van der Waals surface area contributed by atoms with E-state index in [0.717, 1.165) is 12.2 Å². The van der Waals surface area contributed by atoms with Crippen LogP contribution in [0.3, 0.4) is 0 Å². The second kappa shape index (κ2) is 9.00. The van der Waals surface area contributed by atoms with E-state index in [0.29, 0.717) is 29.4 Å². The van der Waals surface area contributed by atoms with E-state index in [1.807, 2.05) is 0 Å². The van der Waals surface area contributed by atoms with Crippen LogP contribution in [0.4, 0.5) is 0 Å². The van der Waals surface area contributed by atoms with Gasteiger partial charge in [0.1, 0.15) is 12.4 Å². The van der Waals surface area contributed by atoms with Gasteiger partial charge in [0.15, 0.2) is 0 Å². The van der Waals surface area contributed by atoms with Crippen LogP contribution in [-0.4, -0.2) is 17.4 Å². The molecule has 0 saturated heterocycles. The molecule has 0 atom stereocenters. The summed E-state index contributed by atoms with van der Waals surface area (Å²) in [6.07, 6.45) is 7.88. The van der Waals surface area contributed by atoms with Gasteiger partial charge in [0, 0.05) is 12.7 Å². The van der Waals surface area contributed by atoms with Gasteiger partial charge in [0.05, 0.1) is 22.9 Å². The Morgan fingerprint density at radius 1 is 1.15 bits per heavy atom. The van der Waals surface area contributed by atoms with E-state index in [1.165, 1.54) is 32.1 Å². The minimum atomic E-state index is -0.0670. The topological polar surface area (TPSA) is 75.0 Å². The van der Waals surface area contributed by atoms with Gasteiger partial charge < -0.3 is 10.1 Å². The molecule has 1 heterocycles. The Labute approximate surface area is 154 Å². The number of amides is 1. The van der Waals surface area contributed by atoms with Crippen LogP contribution in [0.15, 0.2) is 42.6 Å². The number of nitrogens with one attached hydrogen (secondary N) is 1. The van der Waals surface area contributed by atoms with E-state index in [2.05, 4.69) is 16.4 Å². The molecule has 1 fully saturated rings. The predicted octanol–water partition coefficient (Wildman–Crippen LogP) is 3.84. The molecule has 134 valence electrons. The maximum atomic E-state index is 12.2. The number of nitrogens with zero attached hydrogens (tertiary/aromatic N) is 2. The van der Waals surface area contributed by atoms with Crippen LogP contribution in [0, 0.1) is 17.2 Å². The Hall–Kier alpha value is -2.87. The van der Waals surface area contributed by atoms with Gasteiger partial charge in [-0.15, -0.1) is 0 Å². The van der Waals surface area contributed by atoms with Crippen molar-refractivity contribution in [3.8, 4) is 11.8 Å². The molecular weight excluding hydrogens is 326 g/mol. The molecule has 0 spiro atoms. The smallest absolute Gasteiger partial charge is 0.252 e. The highest BCUT2D eigenvalue weighted by molar-refractivity contribution is 5.93. The van der Waals surface area contributed by atoms with Crippen LogP contribution in [-0.2, 0) is 6.61 Å². The molecule has 0 radical (unpaired) electrons. The van der Waals surface area contributed by atoms with Crippen LogP contribution in [0.25, 0.3) is 0 Å². The van der Waals surface area contributed by atoms with Crippen molar-refractivity contribution < 1.29 is 9.53 Å². The Morgan fingerprint density at radius 2 is 1.92 bits per heavy atom. The SMILES string of the molecule is N#Cc1ccc(OCc2ccc(C(=O)NCC3CCCCC3)cn2)cc1. The highest BCUT2D eigenvalue weighted by Gasteiger charge is 2.15. The zero-order valence-corrected chi connectivity index (χ0v) is 14.8. The van der Waals surface area contributed by atoms with Crippen molar-refractivity contribution in [2.45, 2.75) is 38.7 Å². The molecule has 5 heteroatoms. The average Bonchev–Trinajstić information content (AvgIpc) is 2.72. The van der Waals surface area contributed by atoms with Gasteiger partial charge in [-0.1, -0.05) is 19.3 Å². The number of hydrogen-bond donors (Lipinski definition) is 1. The number of nitriles is 1. The maximum absolute atomic E-state index is 12.2. The first-order chi connectivity index (χ1) is 12.7. The lowest BCUT2D eigenvalue weighted by atomic mass is 9.89. The first-order valence-corrected chi connectivity index (χ1v) is 9.10. The van der Waals surface area contributed by atoms with Crippen molar-refractivity contribution in [2.75, 3.05) is 6.54 Å². The highest BCUT2D eigenvalue weighted by atomic mass is 16.5. The van der Waals surface area contributed by atoms with Gasteiger partial charge in [-0.25, -0.2) is 0 Å². The molecule has 5 nitrogen and oxygen atoms in total. The maximum Gasteiger partial charge on any atom is 0.252 e. The standard InChI is InChI=1S/C21H23N3O2/c22-12-16-6-10-20(11-7-16)26-15-19-9-8-18(14-23-19)21(25)24-13-17-4-2-1-3-5-17/h6-11,14,17H,1-5,13,15H2,(H,24,25). The summed E-state index contributed by atoms with van der Waals surface area (Å²) in [6.45, 7) is 1.07. The number of carbonyl (C=O) groups excluding carboxylic acids is 1. The van der Waals surface area contributed by atoms with Crippen molar-refractivity contribution in [1.29, 1.82) is 5.26 Å². The first kappa shape index (κ1) is 17.9. The summed E-state index contributed by atoms with van der Waals surface area (Å²) in [5.41, 5.74) is 1.92. The number of benzene rings is 1. The van der Waals surface area contributed by atoms with Crippen molar-refractivity contribution >= 4 is 5.91 Å². The molecule has 1 saturated carbocycles. The second-order valence-corrected chi connectivity index (χ2v) is 6.68. The third-order valence-electron chi connectivity index (χ3n) is 4.73. The molecule has 1 aliphatic carbocycles. The number of pyridine rings is 1. The van der Waals surface area contributed by atoms with Crippen LogP contribution < -0.4 is 10.1 Å². The quantitative estimate of drug-likeness (QED) is 0.860. The monoisotopic (exact) mass is 349 g/mol. The predicted molar refractivity (Wildman–Crippen MR) is 98.6 cm³/mol. The molecule has 3 rings (SSSR count). The summed E-state index contributed by atoms with van der Waals surface area (Å²) < 4.78 is 5.65. The highest BCUT2D eigenvalue weighted by Crippen LogP contribution is 2.22. The van der Waals surface area contributed by atoms with Crippen molar-refractivity contribution in [1.82, 2.24) is 10.3 Å². The van der Waals surface area contributed by atoms with E-state index in [1.54, 1.807) is 42.6 Å². The van der Waals surface area contributed by atoms with Gasteiger partial charge in [0.25, 0.3) is 5.91 Å². The molecule has 26 heavy (non-hydrogen) atoms. The summed E-state index contributed by atoms with van der Waals surface area (Å²) in [5.74, 6) is 1.23. The van der Waals surface area contributed by atoms with E-state index >= 15 is 0 Å². The van der Waals surface area contributed by atoms with Gasteiger partial charge in [-0.05, 0) is 55.2 Å². The summed E-state index contributed by atoms with van der Waals surface area (Å²) in [6, 6.07) is 12.6. The third kappa shape index (κ3) is 5.06. The lowest BCUT2D eigenvalue weighted by molar-refractivity contribution is 0.0943. The molecule has 1 aliphatic rings. The molecular formula is C21H23N3O2. The lowest BCUT2D eigenvalue weighted by Gasteiger charge is -2.21. The summed E-state index contributed by atoms with van der Waals surface area (Å²) in [7, 11) is 0. The van der Waals surface area contributed by atoms with Crippen molar-refractivity contribution in [2.24, 2.45) is 5.92 Å². The van der Waals surface area contributed by atoms with Gasteiger partial charge in [0.2, 0.25) is 0 Å². The fourth-order valence-corrected chi connectivity index (χ4v) is 3.16. The zero-order chi connectivity index (χ0) is 18.2. The van der Waals surface area contributed by atoms with Crippen molar-refractivity contribution in [3.05, 3.63) is 59.4 Å². The fourth-order valence-electron chi connectivity index (χ4n) is 3.16. The molecule has 0 unspecified atom stereocenters. The van der Waals surface area contributed by atoms with E-state index < -0.39 is 0 Å². The van der Waals surface area contributed by atoms with Crippen LogP contribution >= 0.6 is 0 Å². The van der Waals surface area contributed by atoms with E-state index in [9.17, 15) is 4.79 Å². The normalized spacial score (nSPS) is 14.4. The Morgan fingerprint density at radius 3 is 2.58 bits per heavy atom. The first-order valence-electron chi connectivity index (χ1n) is 9.10. The van der Waals surface area contributed by atoms with Gasteiger partial charge >= 0.3 is 0 Å². The van der Waals surface area contributed by atoms with E-state index in [-0.39, 0.29) is 5.91 Å². The molecule has 2 aromatic rings. The van der Waals surface area contributed by atoms with Crippen LogP contribution in [0.1, 0.15) is 53.7 Å². The molecule has 1 aromatic carbocycles. The van der Waals surface area contributed by atoms with Crippen molar-refractivity contribution in [3.63, 3.8) is 0 Å². The van der Waals surface area contributed by atoms with Gasteiger partial charge in [-0.2, -0.15) is 5.26 Å². The lowest BCUT2D eigenvalue weighted by Crippen LogP contribution is -2.30. The van der Waals surface area contributed by atoms with Crippen LogP contribution in [0.5, 0.6) is 5.75 Å². The molecule has 1 aromatic heterocycles. The molecule has 1 N–H and O–H groups in total. The second-order valence-electron chi connectivity index (χ2n) is 6.68. The Bertz CT molecular complexity index is 757. The minimum Gasteiger partial charge on any atom is -0.487 e. The number of hydrogen-bond acceptors (Lipinski definition) is 4. The largest absolute Gasteiger partial charge is 0.487 e. The zero-order valence-electron chi connectivity index (χ0n) is 14.8. The summed E-state index contributed by atoms with van der Waals surface area (Å²) in [4.78, 5) is 16.5.